The van der Waals surface area contributed by atoms with E-state index in [0.29, 0.717) is 55.1 Å². The van der Waals surface area contributed by atoms with Gasteiger partial charge in [0.25, 0.3) is 0 Å². The number of aromatic nitrogens is 5. The molecule has 0 amide bonds. The van der Waals surface area contributed by atoms with Gasteiger partial charge in [-0.25, -0.2) is 9.07 Å². The summed E-state index contributed by atoms with van der Waals surface area (Å²) >= 11 is 0. The van der Waals surface area contributed by atoms with Gasteiger partial charge in [0.15, 0.2) is 5.58 Å². The topological polar surface area (TPSA) is 96.3 Å². The zero-order valence-electron chi connectivity index (χ0n) is 21.4. The summed E-state index contributed by atoms with van der Waals surface area (Å²) in [6.45, 7) is 3.58. The van der Waals surface area contributed by atoms with Crippen LogP contribution in [-0.2, 0) is 25.1 Å². The Morgan fingerprint density at radius 1 is 0.923 bits per heavy atom. The molecular formula is C29H28FN7O2. The highest BCUT2D eigenvalue weighted by molar-refractivity contribution is 5.80. The Labute approximate surface area is 224 Å². The van der Waals surface area contributed by atoms with Crippen molar-refractivity contribution < 1.29 is 14.0 Å². The number of tetrazole rings is 1. The molecule has 0 atom stereocenters. The van der Waals surface area contributed by atoms with Crippen molar-refractivity contribution in [1.29, 1.82) is 0 Å². The van der Waals surface area contributed by atoms with Crippen molar-refractivity contribution in [3.63, 3.8) is 0 Å². The van der Waals surface area contributed by atoms with Gasteiger partial charge in [-0.1, -0.05) is 52.7 Å². The maximum Gasteiger partial charge on any atom is 0.245 e. The monoisotopic (exact) mass is 525 g/mol. The van der Waals surface area contributed by atoms with E-state index < -0.39 is 11.4 Å². The summed E-state index contributed by atoms with van der Waals surface area (Å²) < 4.78 is 20.6. The third-order valence-electron chi connectivity index (χ3n) is 7.97. The Morgan fingerprint density at radius 3 is 2.51 bits per heavy atom. The van der Waals surface area contributed by atoms with E-state index in [2.05, 4.69) is 79.0 Å². The van der Waals surface area contributed by atoms with Crippen LogP contribution in [0.2, 0.25) is 0 Å². The summed E-state index contributed by atoms with van der Waals surface area (Å²) in [4.78, 5) is 4.51. The Kier molecular flexibility index (Phi) is 5.77. The second kappa shape index (κ2) is 9.46. The number of piperidine rings is 1. The molecule has 0 aliphatic carbocycles. The molecule has 1 N–H and O–H groups in total. The first-order chi connectivity index (χ1) is 19.1. The number of anilines is 2. The molecular weight excluding hydrogens is 497 g/mol. The van der Waals surface area contributed by atoms with Crippen LogP contribution in [0.3, 0.4) is 0 Å². The number of fused-ring (bicyclic) bond motifs is 2. The Bertz CT molecular complexity index is 1620. The van der Waals surface area contributed by atoms with Crippen molar-refractivity contribution in [2.45, 2.75) is 38.0 Å². The first-order valence-electron chi connectivity index (χ1n) is 13.3. The Morgan fingerprint density at radius 2 is 1.69 bits per heavy atom. The van der Waals surface area contributed by atoms with Crippen LogP contribution in [0.1, 0.15) is 35.2 Å². The number of aliphatic hydroxyl groups is 1. The highest BCUT2D eigenvalue weighted by Crippen LogP contribution is 2.37. The molecule has 0 saturated carbocycles. The summed E-state index contributed by atoms with van der Waals surface area (Å²) in [6.07, 6.45) is 1.94. The van der Waals surface area contributed by atoms with Crippen molar-refractivity contribution in [2.24, 2.45) is 0 Å². The first-order valence-corrected chi connectivity index (χ1v) is 13.3. The van der Waals surface area contributed by atoms with Gasteiger partial charge in [0, 0.05) is 43.3 Å². The molecule has 0 spiro atoms. The van der Waals surface area contributed by atoms with Gasteiger partial charge in [0.05, 0.1) is 6.54 Å². The number of rotatable bonds is 6. The highest BCUT2D eigenvalue weighted by atomic mass is 19.1. The van der Waals surface area contributed by atoms with Gasteiger partial charge in [0.1, 0.15) is 17.1 Å². The number of hydrogen-bond acceptors (Lipinski definition) is 8. The van der Waals surface area contributed by atoms with E-state index in [1.807, 2.05) is 0 Å². The minimum absolute atomic E-state index is 0.334. The van der Waals surface area contributed by atoms with Crippen LogP contribution < -0.4 is 9.80 Å². The lowest BCUT2D eigenvalue weighted by atomic mass is 9.86. The number of hydrogen-bond donors (Lipinski definition) is 1. The summed E-state index contributed by atoms with van der Waals surface area (Å²) in [5, 5.41) is 28.6. The van der Waals surface area contributed by atoms with Gasteiger partial charge >= 0.3 is 0 Å². The maximum atomic E-state index is 13.6. The molecule has 1 fully saturated rings. The Hall–Kier alpha value is -4.31. The molecule has 0 unspecified atom stereocenters. The smallest absolute Gasteiger partial charge is 0.245 e. The molecule has 1 saturated heterocycles. The average molecular weight is 526 g/mol. The van der Waals surface area contributed by atoms with Crippen molar-refractivity contribution >= 4 is 22.6 Å². The lowest BCUT2D eigenvalue weighted by molar-refractivity contribution is 0.00588. The Balaban J connectivity index is 1.01. The molecule has 2 aromatic heterocycles. The SMILES string of the molecule is OC1(c2noc3cc(F)ccc23)CCN(c2nnnn2Cc2ccc(CN3CCc4ccccc43)cc2)CC1. The molecule has 3 aromatic carbocycles. The summed E-state index contributed by atoms with van der Waals surface area (Å²) in [5.41, 5.74) is 4.76. The van der Waals surface area contributed by atoms with Crippen LogP contribution in [0.4, 0.5) is 16.0 Å². The molecule has 7 rings (SSSR count). The molecule has 2 aliphatic heterocycles. The van der Waals surface area contributed by atoms with E-state index in [1.165, 1.54) is 28.9 Å². The number of benzene rings is 3. The third kappa shape index (κ3) is 4.40. The van der Waals surface area contributed by atoms with Crippen molar-refractivity contribution in [2.75, 3.05) is 29.4 Å². The van der Waals surface area contributed by atoms with E-state index >= 15 is 0 Å². The number of halogens is 1. The second-order valence-corrected chi connectivity index (χ2v) is 10.4. The van der Waals surface area contributed by atoms with E-state index in [-0.39, 0.29) is 0 Å². The fourth-order valence-electron chi connectivity index (χ4n) is 5.80. The van der Waals surface area contributed by atoms with E-state index in [9.17, 15) is 9.50 Å². The number of para-hydroxylation sites is 1. The first kappa shape index (κ1) is 23.8. The summed E-state index contributed by atoms with van der Waals surface area (Å²) in [6, 6.07) is 21.5. The molecule has 2 aliphatic rings. The van der Waals surface area contributed by atoms with Crippen LogP contribution in [0.5, 0.6) is 0 Å². The fraction of sp³-hybridized carbons (Fsp3) is 0.310. The van der Waals surface area contributed by atoms with Crippen molar-refractivity contribution in [1.82, 2.24) is 25.4 Å². The van der Waals surface area contributed by atoms with Crippen LogP contribution in [0, 0.1) is 5.82 Å². The summed E-state index contributed by atoms with van der Waals surface area (Å²) in [5.74, 6) is 0.271. The van der Waals surface area contributed by atoms with Crippen LogP contribution in [0.15, 0.2) is 71.3 Å². The van der Waals surface area contributed by atoms with Gasteiger partial charge < -0.3 is 19.4 Å². The van der Waals surface area contributed by atoms with Crippen LogP contribution in [0.25, 0.3) is 11.0 Å². The van der Waals surface area contributed by atoms with Crippen molar-refractivity contribution in [3.8, 4) is 0 Å². The molecule has 39 heavy (non-hydrogen) atoms. The molecule has 4 heterocycles. The quantitative estimate of drug-likeness (QED) is 0.355. The van der Waals surface area contributed by atoms with Crippen LogP contribution >= 0.6 is 0 Å². The van der Waals surface area contributed by atoms with E-state index in [0.717, 1.165) is 25.1 Å². The van der Waals surface area contributed by atoms with Gasteiger partial charge in [-0.05, 0) is 64.6 Å². The fourth-order valence-corrected chi connectivity index (χ4v) is 5.80. The highest BCUT2D eigenvalue weighted by Gasteiger charge is 2.39. The molecule has 198 valence electrons. The minimum atomic E-state index is -1.16. The largest absolute Gasteiger partial charge is 0.383 e. The van der Waals surface area contributed by atoms with Gasteiger partial charge in [0.2, 0.25) is 5.95 Å². The zero-order valence-corrected chi connectivity index (χ0v) is 21.4. The van der Waals surface area contributed by atoms with Crippen molar-refractivity contribution in [3.05, 3.63) is 94.9 Å². The predicted molar refractivity (Wildman–Crippen MR) is 144 cm³/mol. The average Bonchev–Trinajstić information content (AvgIpc) is 3.69. The third-order valence-corrected chi connectivity index (χ3v) is 7.97. The summed E-state index contributed by atoms with van der Waals surface area (Å²) in [7, 11) is 0. The number of nitrogens with zero attached hydrogens (tertiary/aromatic N) is 7. The standard InChI is InChI=1S/C29H28FN7O2/c30-23-9-10-24-26(17-23)39-32-27(24)29(38)12-15-35(16-13-29)28-31-33-34-37(28)19-21-7-5-20(6-8-21)18-36-14-11-22-3-1-2-4-25(22)36/h1-10,17,38H,11-16,18-19H2. The molecule has 0 bridgehead atoms. The molecule has 9 nitrogen and oxygen atoms in total. The van der Waals surface area contributed by atoms with Crippen LogP contribution in [-0.4, -0.2) is 50.1 Å². The van der Waals surface area contributed by atoms with E-state index in [4.69, 9.17) is 4.52 Å². The minimum Gasteiger partial charge on any atom is -0.383 e. The lowest BCUT2D eigenvalue weighted by Gasteiger charge is -2.37. The van der Waals surface area contributed by atoms with Gasteiger partial charge in [-0.2, -0.15) is 0 Å². The second-order valence-electron chi connectivity index (χ2n) is 10.4. The normalized spacial score (nSPS) is 16.7. The molecule has 10 heteroatoms. The molecule has 0 radical (unpaired) electrons. The molecule has 5 aromatic rings. The van der Waals surface area contributed by atoms with Gasteiger partial charge in [-0.15, -0.1) is 0 Å². The predicted octanol–water partition coefficient (Wildman–Crippen LogP) is 4.05. The maximum absolute atomic E-state index is 13.6. The lowest BCUT2D eigenvalue weighted by Crippen LogP contribution is -2.44. The van der Waals surface area contributed by atoms with Gasteiger partial charge in [-0.3, -0.25) is 0 Å². The zero-order chi connectivity index (χ0) is 26.4. The van der Waals surface area contributed by atoms with E-state index in [1.54, 1.807) is 10.7 Å².